The summed E-state index contributed by atoms with van der Waals surface area (Å²) in [4.78, 5) is 33.9. The number of halogens is 1. The minimum absolute atomic E-state index is 0.101. The molecule has 0 fully saturated rings. The topological polar surface area (TPSA) is 143 Å². The van der Waals surface area contributed by atoms with Gasteiger partial charge in [0.05, 0.1) is 10.5 Å². The molecule has 0 atom stereocenters. The first-order valence-corrected chi connectivity index (χ1v) is 10.1. The summed E-state index contributed by atoms with van der Waals surface area (Å²) in [5, 5.41) is 32.2. The number of hydrogen-bond donors (Lipinski definition) is 2. The molecule has 10 heteroatoms. The maximum atomic E-state index is 12.6. The fraction of sp³-hybridized carbons (Fsp3) is 0.0417. The van der Waals surface area contributed by atoms with E-state index < -0.39 is 16.8 Å². The third-order valence-corrected chi connectivity index (χ3v) is 4.78. The van der Waals surface area contributed by atoms with Crippen LogP contribution in [0, 0.1) is 21.4 Å². The smallest absolute Gasteiger partial charge is 0.335 e. The number of carboxylic acids is 1. The van der Waals surface area contributed by atoms with E-state index in [0.29, 0.717) is 21.9 Å². The van der Waals surface area contributed by atoms with E-state index in [1.165, 1.54) is 48.5 Å². The average Bonchev–Trinajstić information content (AvgIpc) is 2.82. The highest BCUT2D eigenvalue weighted by molar-refractivity contribution is 6.30. The average molecular weight is 478 g/mol. The van der Waals surface area contributed by atoms with Gasteiger partial charge in [-0.15, -0.1) is 0 Å². The quantitative estimate of drug-likeness (QED) is 0.199. The van der Waals surface area contributed by atoms with Crippen molar-refractivity contribution in [3.05, 3.63) is 104 Å². The van der Waals surface area contributed by atoms with Gasteiger partial charge in [0.2, 0.25) is 0 Å². The number of amides is 1. The third kappa shape index (κ3) is 6.18. The van der Waals surface area contributed by atoms with Gasteiger partial charge in [-0.05, 0) is 48.0 Å². The van der Waals surface area contributed by atoms with Crippen molar-refractivity contribution < 1.29 is 24.4 Å². The zero-order valence-electron chi connectivity index (χ0n) is 17.4. The second-order valence-corrected chi connectivity index (χ2v) is 7.34. The van der Waals surface area contributed by atoms with Gasteiger partial charge < -0.3 is 15.2 Å². The first-order chi connectivity index (χ1) is 16.3. The lowest BCUT2D eigenvalue weighted by Crippen LogP contribution is -2.13. The first-order valence-electron chi connectivity index (χ1n) is 9.69. The molecule has 3 rings (SSSR count). The lowest BCUT2D eigenvalue weighted by Gasteiger charge is -2.11. The Balaban J connectivity index is 1.81. The molecule has 0 aliphatic heterocycles. The number of hydrogen-bond acceptors (Lipinski definition) is 6. The lowest BCUT2D eigenvalue weighted by atomic mass is 10.1. The number of carbonyl (C=O) groups excluding carboxylic acids is 1. The van der Waals surface area contributed by atoms with Gasteiger partial charge in [0.15, 0.2) is 0 Å². The molecular formula is C24H16ClN3O6. The Hall–Kier alpha value is -4.68. The Labute approximate surface area is 198 Å². The van der Waals surface area contributed by atoms with Gasteiger partial charge in [0.25, 0.3) is 11.6 Å². The van der Waals surface area contributed by atoms with Crippen molar-refractivity contribution in [1.82, 2.24) is 0 Å². The lowest BCUT2D eigenvalue weighted by molar-refractivity contribution is -0.384. The van der Waals surface area contributed by atoms with Crippen molar-refractivity contribution in [1.29, 1.82) is 5.26 Å². The predicted molar refractivity (Wildman–Crippen MR) is 125 cm³/mol. The molecule has 170 valence electrons. The van der Waals surface area contributed by atoms with E-state index in [0.717, 1.165) is 0 Å². The van der Waals surface area contributed by atoms with Crippen LogP contribution < -0.4 is 10.1 Å². The number of rotatable bonds is 8. The van der Waals surface area contributed by atoms with E-state index in [9.17, 15) is 25.0 Å². The normalized spacial score (nSPS) is 10.8. The Morgan fingerprint density at radius 3 is 2.53 bits per heavy atom. The summed E-state index contributed by atoms with van der Waals surface area (Å²) in [6.45, 7) is 0.101. The van der Waals surface area contributed by atoms with Crippen LogP contribution in [0.15, 0.2) is 72.3 Å². The third-order valence-electron chi connectivity index (χ3n) is 4.55. The molecule has 0 spiro atoms. The second-order valence-electron chi connectivity index (χ2n) is 6.90. The predicted octanol–water partition coefficient (Wildman–Crippen LogP) is 5.07. The van der Waals surface area contributed by atoms with E-state index in [2.05, 4.69) is 5.32 Å². The van der Waals surface area contributed by atoms with Crippen LogP contribution in [0.5, 0.6) is 5.75 Å². The van der Waals surface area contributed by atoms with Gasteiger partial charge in [0, 0.05) is 28.4 Å². The van der Waals surface area contributed by atoms with E-state index in [4.69, 9.17) is 21.4 Å². The molecule has 0 aliphatic carbocycles. The minimum Gasteiger partial charge on any atom is -0.488 e. The molecule has 34 heavy (non-hydrogen) atoms. The van der Waals surface area contributed by atoms with Crippen molar-refractivity contribution in [3.63, 3.8) is 0 Å². The van der Waals surface area contributed by atoms with Crippen LogP contribution in [0.25, 0.3) is 6.08 Å². The first kappa shape index (κ1) is 24.0. The van der Waals surface area contributed by atoms with Gasteiger partial charge in [0.1, 0.15) is 24.0 Å². The minimum atomic E-state index is -1.04. The van der Waals surface area contributed by atoms with Crippen molar-refractivity contribution in [2.45, 2.75) is 6.61 Å². The summed E-state index contributed by atoms with van der Waals surface area (Å²) in [5.41, 5.74) is 0.894. The van der Waals surface area contributed by atoms with Crippen LogP contribution in [0.4, 0.5) is 11.4 Å². The molecule has 0 heterocycles. The zero-order chi connectivity index (χ0) is 24.7. The number of nitrogens with zero attached hydrogens (tertiary/aromatic N) is 2. The number of carbonyl (C=O) groups is 2. The molecule has 0 radical (unpaired) electrons. The zero-order valence-corrected chi connectivity index (χ0v) is 18.2. The Kier molecular flexibility index (Phi) is 7.59. The molecule has 9 nitrogen and oxygen atoms in total. The summed E-state index contributed by atoms with van der Waals surface area (Å²) in [6, 6.07) is 17.9. The summed E-state index contributed by atoms with van der Waals surface area (Å²) in [5.74, 6) is -1.47. The molecule has 3 aromatic rings. The maximum absolute atomic E-state index is 12.6. The molecule has 0 saturated carbocycles. The van der Waals surface area contributed by atoms with E-state index in [1.807, 2.05) is 0 Å². The Morgan fingerprint density at radius 1 is 1.15 bits per heavy atom. The number of anilines is 1. The number of carboxylic acid groups (broad SMARTS) is 1. The van der Waals surface area contributed by atoms with Crippen LogP contribution >= 0.6 is 11.6 Å². The fourth-order valence-corrected chi connectivity index (χ4v) is 3.05. The van der Waals surface area contributed by atoms with Crippen LogP contribution in [0.3, 0.4) is 0 Å². The maximum Gasteiger partial charge on any atom is 0.335 e. The van der Waals surface area contributed by atoms with Gasteiger partial charge in [-0.1, -0.05) is 29.8 Å². The van der Waals surface area contributed by atoms with Gasteiger partial charge >= 0.3 is 5.97 Å². The number of nitro benzene ring substituents is 1. The summed E-state index contributed by atoms with van der Waals surface area (Å²) < 4.78 is 5.80. The molecule has 0 saturated heterocycles. The SMILES string of the molecule is N#C/C(=C\c1cc(Cl)ccc1OCc1ccc(C(=O)O)cc1)C(=O)Nc1cccc([N+](=O)[O-])c1. The van der Waals surface area contributed by atoms with E-state index in [-0.39, 0.29) is 29.1 Å². The van der Waals surface area contributed by atoms with Crippen LogP contribution in [0.1, 0.15) is 21.5 Å². The second kappa shape index (κ2) is 10.8. The number of nitro groups is 1. The van der Waals surface area contributed by atoms with Gasteiger partial charge in [-0.2, -0.15) is 5.26 Å². The number of ether oxygens (including phenoxy) is 1. The summed E-state index contributed by atoms with van der Waals surface area (Å²) in [6.07, 6.45) is 1.29. The molecular weight excluding hydrogens is 462 g/mol. The molecule has 0 aliphatic rings. The molecule has 0 aromatic heterocycles. The number of benzene rings is 3. The van der Waals surface area contributed by atoms with Crippen molar-refractivity contribution >= 4 is 40.9 Å². The van der Waals surface area contributed by atoms with Crippen LogP contribution in [-0.2, 0) is 11.4 Å². The van der Waals surface area contributed by atoms with Crippen molar-refractivity contribution in [3.8, 4) is 11.8 Å². The van der Waals surface area contributed by atoms with Gasteiger partial charge in [-0.25, -0.2) is 4.79 Å². The highest BCUT2D eigenvalue weighted by atomic mass is 35.5. The Bertz CT molecular complexity index is 1330. The van der Waals surface area contributed by atoms with Crippen molar-refractivity contribution in [2.75, 3.05) is 5.32 Å². The van der Waals surface area contributed by atoms with Gasteiger partial charge in [-0.3, -0.25) is 14.9 Å². The summed E-state index contributed by atoms with van der Waals surface area (Å²) >= 11 is 6.08. The molecule has 0 bridgehead atoms. The number of aromatic carboxylic acids is 1. The fourth-order valence-electron chi connectivity index (χ4n) is 2.87. The summed E-state index contributed by atoms with van der Waals surface area (Å²) in [7, 11) is 0. The van der Waals surface area contributed by atoms with Crippen molar-refractivity contribution in [2.24, 2.45) is 0 Å². The van der Waals surface area contributed by atoms with Crippen LogP contribution in [0.2, 0.25) is 5.02 Å². The number of non-ortho nitro benzene ring substituents is 1. The number of nitriles is 1. The highest BCUT2D eigenvalue weighted by Gasteiger charge is 2.14. The van der Waals surface area contributed by atoms with E-state index in [1.54, 1.807) is 30.3 Å². The standard InChI is InChI=1S/C24H16ClN3O6/c25-19-8-9-22(34-14-15-4-6-16(7-5-15)24(30)31)17(11-19)10-18(13-26)23(29)27-20-2-1-3-21(12-20)28(32)33/h1-12H,14H2,(H,27,29)(H,30,31)/b18-10+. The number of nitrogens with one attached hydrogen (secondary N) is 1. The highest BCUT2D eigenvalue weighted by Crippen LogP contribution is 2.27. The molecule has 1 amide bonds. The Morgan fingerprint density at radius 2 is 1.88 bits per heavy atom. The largest absolute Gasteiger partial charge is 0.488 e. The molecule has 2 N–H and O–H groups in total. The molecule has 3 aromatic carbocycles. The monoisotopic (exact) mass is 477 g/mol. The van der Waals surface area contributed by atoms with Crippen LogP contribution in [-0.4, -0.2) is 21.9 Å². The van der Waals surface area contributed by atoms with E-state index >= 15 is 0 Å². The molecule has 0 unspecified atom stereocenters.